The molecule has 2 atom stereocenters. The molecule has 2 aliphatic rings. The lowest BCUT2D eigenvalue weighted by molar-refractivity contribution is 0.409. The van der Waals surface area contributed by atoms with E-state index in [1.54, 1.807) is 0 Å². The van der Waals surface area contributed by atoms with Crippen LogP contribution in [0.1, 0.15) is 59.4 Å². The van der Waals surface area contributed by atoms with E-state index in [0.29, 0.717) is 5.92 Å². The van der Waals surface area contributed by atoms with E-state index in [4.69, 9.17) is 5.84 Å². The summed E-state index contributed by atoms with van der Waals surface area (Å²) in [5, 5.41) is 0. The van der Waals surface area contributed by atoms with Crippen molar-refractivity contribution < 1.29 is 0 Å². The van der Waals surface area contributed by atoms with Gasteiger partial charge in [-0.25, -0.2) is 0 Å². The Morgan fingerprint density at radius 3 is 2.62 bits per heavy atom. The topological polar surface area (TPSA) is 38.0 Å². The van der Waals surface area contributed by atoms with Gasteiger partial charge in [-0.15, -0.1) is 0 Å². The second-order valence-electron chi connectivity index (χ2n) is 6.45. The van der Waals surface area contributed by atoms with Crippen LogP contribution >= 0.6 is 0 Å². The zero-order valence-electron chi connectivity index (χ0n) is 12.3. The van der Waals surface area contributed by atoms with Crippen molar-refractivity contribution in [2.75, 3.05) is 0 Å². The molecular weight excluding hydrogens is 256 g/mol. The SMILES string of the molecule is NNC(c1cccc(C2CCC2)c1)C1Cc2ccccc21. The van der Waals surface area contributed by atoms with Gasteiger partial charge in [-0.3, -0.25) is 11.3 Å². The number of hydrogen-bond donors (Lipinski definition) is 2. The first-order valence-corrected chi connectivity index (χ1v) is 8.00. The number of nitrogens with two attached hydrogens (primary N) is 1. The number of hydrogen-bond acceptors (Lipinski definition) is 2. The van der Waals surface area contributed by atoms with Crippen molar-refractivity contribution in [2.45, 2.75) is 43.6 Å². The molecule has 0 spiro atoms. The van der Waals surface area contributed by atoms with E-state index in [-0.39, 0.29) is 6.04 Å². The lowest BCUT2D eigenvalue weighted by atomic mass is 9.71. The third-order valence-corrected chi connectivity index (χ3v) is 5.32. The summed E-state index contributed by atoms with van der Waals surface area (Å²) >= 11 is 0. The van der Waals surface area contributed by atoms with Crippen LogP contribution in [0.25, 0.3) is 0 Å². The van der Waals surface area contributed by atoms with Crippen LogP contribution in [0.3, 0.4) is 0 Å². The van der Waals surface area contributed by atoms with Crippen LogP contribution in [0.2, 0.25) is 0 Å². The Hall–Kier alpha value is -1.64. The number of rotatable bonds is 4. The Balaban J connectivity index is 1.62. The Labute approximate surface area is 126 Å². The molecule has 2 unspecified atom stereocenters. The monoisotopic (exact) mass is 278 g/mol. The summed E-state index contributed by atoms with van der Waals surface area (Å²) in [6.07, 6.45) is 5.19. The highest BCUT2D eigenvalue weighted by Crippen LogP contribution is 2.44. The fraction of sp³-hybridized carbons (Fsp3) is 0.368. The molecule has 0 heterocycles. The summed E-state index contributed by atoms with van der Waals surface area (Å²) in [5.41, 5.74) is 8.81. The fourth-order valence-corrected chi connectivity index (χ4v) is 3.79. The molecule has 2 heteroatoms. The van der Waals surface area contributed by atoms with Gasteiger partial charge in [0.25, 0.3) is 0 Å². The molecule has 1 saturated carbocycles. The predicted molar refractivity (Wildman–Crippen MR) is 86.0 cm³/mol. The normalized spacial score (nSPS) is 22.0. The van der Waals surface area contributed by atoms with E-state index in [2.05, 4.69) is 54.0 Å². The van der Waals surface area contributed by atoms with Gasteiger partial charge in [-0.1, -0.05) is 55.0 Å². The van der Waals surface area contributed by atoms with Gasteiger partial charge in [0.2, 0.25) is 0 Å². The molecule has 2 aromatic carbocycles. The van der Waals surface area contributed by atoms with E-state index in [0.717, 1.165) is 12.3 Å². The second kappa shape index (κ2) is 5.28. The fourth-order valence-electron chi connectivity index (χ4n) is 3.79. The molecule has 3 N–H and O–H groups in total. The summed E-state index contributed by atoms with van der Waals surface area (Å²) in [7, 11) is 0. The van der Waals surface area contributed by atoms with E-state index >= 15 is 0 Å². The highest BCUT2D eigenvalue weighted by Gasteiger charge is 2.33. The average Bonchev–Trinajstić information content (AvgIpc) is 2.43. The summed E-state index contributed by atoms with van der Waals surface area (Å²) < 4.78 is 0. The van der Waals surface area contributed by atoms with Crippen molar-refractivity contribution >= 4 is 0 Å². The minimum atomic E-state index is 0.222. The van der Waals surface area contributed by atoms with Gasteiger partial charge in [0, 0.05) is 5.92 Å². The lowest BCUT2D eigenvalue weighted by Crippen LogP contribution is -2.37. The number of nitrogens with one attached hydrogen (secondary N) is 1. The molecule has 0 bridgehead atoms. The molecular formula is C19H22N2. The minimum absolute atomic E-state index is 0.222. The van der Waals surface area contributed by atoms with Crippen LogP contribution < -0.4 is 11.3 Å². The first kappa shape index (κ1) is 13.1. The molecule has 21 heavy (non-hydrogen) atoms. The highest BCUT2D eigenvalue weighted by molar-refractivity contribution is 5.43. The lowest BCUT2D eigenvalue weighted by Gasteiger charge is -2.37. The van der Waals surface area contributed by atoms with Crippen molar-refractivity contribution in [2.24, 2.45) is 5.84 Å². The third kappa shape index (κ3) is 2.19. The molecule has 4 rings (SSSR count). The van der Waals surface area contributed by atoms with E-state index in [1.807, 2.05) is 0 Å². The first-order chi connectivity index (χ1) is 10.4. The van der Waals surface area contributed by atoms with Crippen LogP contribution in [0.15, 0.2) is 48.5 Å². The summed E-state index contributed by atoms with van der Waals surface area (Å²) in [6.45, 7) is 0. The van der Waals surface area contributed by atoms with E-state index in [1.165, 1.54) is 41.5 Å². The zero-order valence-corrected chi connectivity index (χ0v) is 12.3. The molecule has 0 amide bonds. The molecule has 0 radical (unpaired) electrons. The smallest absolute Gasteiger partial charge is 0.0531 e. The molecule has 108 valence electrons. The molecule has 0 saturated heterocycles. The molecule has 0 aliphatic heterocycles. The quantitative estimate of drug-likeness (QED) is 0.659. The molecule has 2 nitrogen and oxygen atoms in total. The second-order valence-corrected chi connectivity index (χ2v) is 6.45. The summed E-state index contributed by atoms with van der Waals surface area (Å²) in [5.74, 6) is 7.17. The van der Waals surface area contributed by atoms with Crippen LogP contribution in [0.4, 0.5) is 0 Å². The molecule has 2 aliphatic carbocycles. The van der Waals surface area contributed by atoms with Crippen LogP contribution in [-0.2, 0) is 6.42 Å². The Morgan fingerprint density at radius 1 is 1.05 bits per heavy atom. The van der Waals surface area contributed by atoms with E-state index in [9.17, 15) is 0 Å². The predicted octanol–water partition coefficient (Wildman–Crippen LogP) is 3.80. The maximum absolute atomic E-state index is 5.89. The van der Waals surface area contributed by atoms with Crippen LogP contribution in [-0.4, -0.2) is 0 Å². The van der Waals surface area contributed by atoms with Gasteiger partial charge < -0.3 is 0 Å². The van der Waals surface area contributed by atoms with Gasteiger partial charge >= 0.3 is 0 Å². The number of benzene rings is 2. The Kier molecular flexibility index (Phi) is 3.28. The minimum Gasteiger partial charge on any atom is -0.271 e. The highest BCUT2D eigenvalue weighted by atomic mass is 15.2. The van der Waals surface area contributed by atoms with E-state index < -0.39 is 0 Å². The maximum Gasteiger partial charge on any atom is 0.0531 e. The average molecular weight is 278 g/mol. The molecule has 1 fully saturated rings. The number of hydrazine groups is 1. The summed E-state index contributed by atoms with van der Waals surface area (Å²) in [6, 6.07) is 18.0. The van der Waals surface area contributed by atoms with Crippen molar-refractivity contribution in [1.82, 2.24) is 5.43 Å². The van der Waals surface area contributed by atoms with Crippen molar-refractivity contribution in [3.63, 3.8) is 0 Å². The van der Waals surface area contributed by atoms with Gasteiger partial charge in [0.1, 0.15) is 0 Å². The van der Waals surface area contributed by atoms with Crippen LogP contribution in [0, 0.1) is 0 Å². The maximum atomic E-state index is 5.89. The summed E-state index contributed by atoms with van der Waals surface area (Å²) in [4.78, 5) is 0. The van der Waals surface area contributed by atoms with Crippen molar-refractivity contribution in [1.29, 1.82) is 0 Å². The number of fused-ring (bicyclic) bond motifs is 1. The Bertz CT molecular complexity index is 646. The van der Waals surface area contributed by atoms with Gasteiger partial charge in [-0.2, -0.15) is 0 Å². The first-order valence-electron chi connectivity index (χ1n) is 8.00. The van der Waals surface area contributed by atoms with Crippen molar-refractivity contribution in [3.05, 3.63) is 70.8 Å². The van der Waals surface area contributed by atoms with Gasteiger partial charge in [0.15, 0.2) is 0 Å². The Morgan fingerprint density at radius 2 is 1.90 bits per heavy atom. The largest absolute Gasteiger partial charge is 0.271 e. The molecule has 0 aromatic heterocycles. The zero-order chi connectivity index (χ0) is 14.2. The third-order valence-electron chi connectivity index (χ3n) is 5.32. The van der Waals surface area contributed by atoms with Crippen LogP contribution in [0.5, 0.6) is 0 Å². The van der Waals surface area contributed by atoms with Gasteiger partial charge in [0.05, 0.1) is 6.04 Å². The standard InChI is InChI=1S/C19H22N2/c20-21-19(18-12-15-5-1-2-10-17(15)18)16-9-4-8-14(11-16)13-6-3-7-13/h1-2,4-5,8-11,13,18-19,21H,3,6-7,12,20H2. The van der Waals surface area contributed by atoms with Gasteiger partial charge in [-0.05, 0) is 47.4 Å². The molecule has 2 aromatic rings. The van der Waals surface area contributed by atoms with Crippen molar-refractivity contribution in [3.8, 4) is 0 Å².